The summed E-state index contributed by atoms with van der Waals surface area (Å²) in [6.07, 6.45) is 6.06. The van der Waals surface area contributed by atoms with E-state index < -0.39 is 0 Å². The molecule has 0 aliphatic heterocycles. The van der Waals surface area contributed by atoms with E-state index in [1.807, 2.05) is 7.05 Å². The minimum atomic E-state index is 0.0949. The van der Waals surface area contributed by atoms with Crippen LogP contribution in [0.1, 0.15) is 32.6 Å². The molecule has 0 spiro atoms. The fraction of sp³-hybridized carbons (Fsp3) is 0.900. The van der Waals surface area contributed by atoms with Crippen LogP contribution in [0.3, 0.4) is 0 Å². The summed E-state index contributed by atoms with van der Waals surface area (Å²) in [6, 6.07) is 0.0949. The van der Waals surface area contributed by atoms with Crippen LogP contribution in [0, 0.1) is 11.8 Å². The maximum atomic E-state index is 10.7. The molecule has 0 bridgehead atoms. The summed E-state index contributed by atoms with van der Waals surface area (Å²) < 4.78 is 0. The average molecular weight is 169 g/mol. The van der Waals surface area contributed by atoms with Crippen LogP contribution in [0.5, 0.6) is 0 Å². The normalized spacial score (nSPS) is 32.8. The summed E-state index contributed by atoms with van der Waals surface area (Å²) in [7, 11) is 1.87. The van der Waals surface area contributed by atoms with Gasteiger partial charge in [0.05, 0.1) is 6.04 Å². The lowest BCUT2D eigenvalue weighted by Gasteiger charge is -2.29. The van der Waals surface area contributed by atoms with E-state index in [2.05, 4.69) is 12.2 Å². The molecule has 0 aromatic rings. The Balaban J connectivity index is 2.37. The van der Waals surface area contributed by atoms with Gasteiger partial charge >= 0.3 is 0 Å². The summed E-state index contributed by atoms with van der Waals surface area (Å²) in [6.45, 7) is 2.30. The summed E-state index contributed by atoms with van der Waals surface area (Å²) >= 11 is 0. The van der Waals surface area contributed by atoms with Gasteiger partial charge in [-0.05, 0) is 31.7 Å². The number of nitrogens with one attached hydrogen (secondary N) is 1. The second kappa shape index (κ2) is 4.61. The van der Waals surface area contributed by atoms with E-state index >= 15 is 0 Å². The maximum absolute atomic E-state index is 10.7. The smallest absolute Gasteiger partial charge is 0.137 e. The molecule has 1 saturated carbocycles. The lowest BCUT2D eigenvalue weighted by molar-refractivity contribution is -0.110. The highest BCUT2D eigenvalue weighted by Crippen LogP contribution is 2.29. The zero-order valence-corrected chi connectivity index (χ0v) is 8.05. The molecule has 0 radical (unpaired) electrons. The largest absolute Gasteiger partial charge is 0.311 e. The first-order chi connectivity index (χ1) is 5.77. The Bertz CT molecular complexity index is 139. The Morgan fingerprint density at radius 3 is 2.33 bits per heavy atom. The molecule has 1 fully saturated rings. The molecule has 0 heterocycles. The lowest BCUT2D eigenvalue weighted by Crippen LogP contribution is -2.36. The SMILES string of the molecule is CN[C@H](C=O)C1CCC(C)CC1. The molecule has 12 heavy (non-hydrogen) atoms. The number of carbonyl (C=O) groups is 1. The average Bonchev–Trinajstić information content (AvgIpc) is 2.10. The van der Waals surface area contributed by atoms with E-state index in [4.69, 9.17) is 0 Å². The highest BCUT2D eigenvalue weighted by Gasteiger charge is 2.24. The van der Waals surface area contributed by atoms with E-state index in [9.17, 15) is 4.79 Å². The second-order valence-corrected chi connectivity index (χ2v) is 3.97. The van der Waals surface area contributed by atoms with E-state index in [-0.39, 0.29) is 6.04 Å². The van der Waals surface area contributed by atoms with Crippen LogP contribution < -0.4 is 5.32 Å². The number of hydrogen-bond acceptors (Lipinski definition) is 2. The van der Waals surface area contributed by atoms with Crippen molar-refractivity contribution in [2.75, 3.05) is 7.05 Å². The molecule has 0 amide bonds. The number of aldehydes is 1. The molecule has 2 nitrogen and oxygen atoms in total. The van der Waals surface area contributed by atoms with Crippen LogP contribution in [-0.4, -0.2) is 19.4 Å². The fourth-order valence-electron chi connectivity index (χ4n) is 2.06. The van der Waals surface area contributed by atoms with Crippen molar-refractivity contribution in [3.63, 3.8) is 0 Å². The number of likely N-dealkylation sites (N-methyl/N-ethyl adjacent to an activating group) is 1. The topological polar surface area (TPSA) is 29.1 Å². The third kappa shape index (κ3) is 2.31. The van der Waals surface area contributed by atoms with Gasteiger partial charge in [0.25, 0.3) is 0 Å². The van der Waals surface area contributed by atoms with Crippen LogP contribution in [0.25, 0.3) is 0 Å². The van der Waals surface area contributed by atoms with Crippen molar-refractivity contribution in [2.24, 2.45) is 11.8 Å². The number of carbonyl (C=O) groups excluding carboxylic acids is 1. The van der Waals surface area contributed by atoms with Gasteiger partial charge in [-0.15, -0.1) is 0 Å². The monoisotopic (exact) mass is 169 g/mol. The molecule has 1 atom stereocenters. The quantitative estimate of drug-likeness (QED) is 0.650. The minimum absolute atomic E-state index is 0.0949. The highest BCUT2D eigenvalue weighted by molar-refractivity contribution is 5.58. The molecular formula is C10H19NO. The van der Waals surface area contributed by atoms with Crippen LogP contribution in [0.4, 0.5) is 0 Å². The summed E-state index contributed by atoms with van der Waals surface area (Å²) in [4.78, 5) is 10.7. The summed E-state index contributed by atoms with van der Waals surface area (Å²) in [5.41, 5.74) is 0. The van der Waals surface area contributed by atoms with Gasteiger partial charge in [0.2, 0.25) is 0 Å². The third-order valence-electron chi connectivity index (χ3n) is 3.05. The van der Waals surface area contributed by atoms with E-state index in [0.29, 0.717) is 5.92 Å². The van der Waals surface area contributed by atoms with Crippen LogP contribution >= 0.6 is 0 Å². The molecule has 1 rings (SSSR count). The Labute approximate surface area is 74.7 Å². The van der Waals surface area contributed by atoms with Crippen molar-refractivity contribution in [3.8, 4) is 0 Å². The van der Waals surface area contributed by atoms with E-state index in [0.717, 1.165) is 12.2 Å². The van der Waals surface area contributed by atoms with Crippen molar-refractivity contribution in [1.29, 1.82) is 0 Å². The van der Waals surface area contributed by atoms with Gasteiger partial charge in [-0.3, -0.25) is 0 Å². The van der Waals surface area contributed by atoms with Gasteiger partial charge in [0.15, 0.2) is 0 Å². The van der Waals surface area contributed by atoms with Crippen LogP contribution in [0.2, 0.25) is 0 Å². The molecule has 0 unspecified atom stereocenters. The van der Waals surface area contributed by atoms with Gasteiger partial charge in [-0.2, -0.15) is 0 Å². The van der Waals surface area contributed by atoms with Gasteiger partial charge in [-0.1, -0.05) is 19.8 Å². The van der Waals surface area contributed by atoms with Crippen molar-refractivity contribution in [1.82, 2.24) is 5.32 Å². The predicted molar refractivity (Wildman–Crippen MR) is 50.0 cm³/mol. The first kappa shape index (κ1) is 9.72. The molecule has 0 aromatic heterocycles. The predicted octanol–water partition coefficient (Wildman–Crippen LogP) is 1.60. The molecule has 2 heteroatoms. The van der Waals surface area contributed by atoms with Crippen LogP contribution in [-0.2, 0) is 4.79 Å². The molecule has 1 aliphatic rings. The van der Waals surface area contributed by atoms with Gasteiger partial charge in [0, 0.05) is 0 Å². The Kier molecular flexibility index (Phi) is 3.73. The Morgan fingerprint density at radius 1 is 1.33 bits per heavy atom. The first-order valence-electron chi connectivity index (χ1n) is 4.90. The fourth-order valence-corrected chi connectivity index (χ4v) is 2.06. The second-order valence-electron chi connectivity index (χ2n) is 3.97. The maximum Gasteiger partial charge on any atom is 0.137 e. The Hall–Kier alpha value is -0.370. The van der Waals surface area contributed by atoms with E-state index in [1.54, 1.807) is 0 Å². The zero-order chi connectivity index (χ0) is 8.97. The van der Waals surface area contributed by atoms with Gasteiger partial charge < -0.3 is 10.1 Å². The summed E-state index contributed by atoms with van der Waals surface area (Å²) in [5, 5.41) is 3.07. The standard InChI is InChI=1S/C10H19NO/c1-8-3-5-9(6-4-8)10(7-12)11-2/h7-11H,3-6H2,1-2H3/t8?,9?,10-/m1/s1. The third-order valence-corrected chi connectivity index (χ3v) is 3.05. The molecule has 70 valence electrons. The molecule has 1 N–H and O–H groups in total. The molecule has 0 saturated heterocycles. The highest BCUT2D eigenvalue weighted by atomic mass is 16.1. The van der Waals surface area contributed by atoms with Crippen LogP contribution in [0.15, 0.2) is 0 Å². The van der Waals surface area contributed by atoms with Crippen molar-refractivity contribution in [3.05, 3.63) is 0 Å². The van der Waals surface area contributed by atoms with Gasteiger partial charge in [0.1, 0.15) is 6.29 Å². The Morgan fingerprint density at radius 2 is 1.92 bits per heavy atom. The summed E-state index contributed by atoms with van der Waals surface area (Å²) in [5.74, 6) is 1.45. The zero-order valence-electron chi connectivity index (χ0n) is 8.05. The lowest BCUT2D eigenvalue weighted by atomic mass is 9.79. The first-order valence-corrected chi connectivity index (χ1v) is 4.90. The molecular weight excluding hydrogens is 150 g/mol. The van der Waals surface area contributed by atoms with Gasteiger partial charge in [-0.25, -0.2) is 0 Å². The van der Waals surface area contributed by atoms with Crippen molar-refractivity contribution < 1.29 is 4.79 Å². The van der Waals surface area contributed by atoms with Crippen molar-refractivity contribution >= 4 is 6.29 Å². The number of rotatable bonds is 3. The molecule has 1 aliphatic carbocycles. The van der Waals surface area contributed by atoms with E-state index in [1.165, 1.54) is 25.7 Å². The molecule has 0 aromatic carbocycles. The van der Waals surface area contributed by atoms with Crippen molar-refractivity contribution in [2.45, 2.75) is 38.6 Å². The minimum Gasteiger partial charge on any atom is -0.311 e. The number of hydrogen-bond donors (Lipinski definition) is 1.